The Labute approximate surface area is 261 Å². The number of cyclic esters (lactones) is 1. The Bertz CT molecular complexity index is 1830. The van der Waals surface area contributed by atoms with Gasteiger partial charge in [0.25, 0.3) is 5.79 Å². The molecule has 1 aliphatic heterocycles. The van der Waals surface area contributed by atoms with Crippen LogP contribution in [0.4, 0.5) is 11.4 Å². The predicted octanol–water partition coefficient (Wildman–Crippen LogP) is 5.26. The Balaban J connectivity index is 0.000000309. The number of fused-ring (bicyclic) bond motifs is 1. The zero-order chi connectivity index (χ0) is 32.1. The molecule has 0 spiro atoms. The van der Waals surface area contributed by atoms with E-state index >= 15 is 0 Å². The molecule has 0 saturated carbocycles. The van der Waals surface area contributed by atoms with E-state index in [1.807, 2.05) is 86.5 Å². The third kappa shape index (κ3) is 6.56. The van der Waals surface area contributed by atoms with E-state index in [0.717, 1.165) is 28.8 Å². The fourth-order valence-electron chi connectivity index (χ4n) is 4.99. The number of aldehydes is 1. The van der Waals surface area contributed by atoms with Gasteiger partial charge in [0.05, 0.1) is 12.7 Å². The summed E-state index contributed by atoms with van der Waals surface area (Å²) in [6.45, 7) is 0. The maximum atomic E-state index is 13.2. The lowest BCUT2D eigenvalue weighted by Crippen LogP contribution is -2.29. The maximum Gasteiger partial charge on any atom is 0.342 e. The summed E-state index contributed by atoms with van der Waals surface area (Å²) in [6, 6.07) is 27.4. The first kappa shape index (κ1) is 31.0. The normalized spacial score (nSPS) is 15.7. The second-order valence-electron chi connectivity index (χ2n) is 10.9. The average Bonchev–Trinajstić information content (AvgIpc) is 3.62. The van der Waals surface area contributed by atoms with Crippen LogP contribution in [-0.2, 0) is 21.7 Å². The van der Waals surface area contributed by atoms with Crippen molar-refractivity contribution in [3.63, 3.8) is 0 Å². The van der Waals surface area contributed by atoms with E-state index in [-0.39, 0.29) is 0 Å². The number of methoxy groups -OCH3 is 1. The van der Waals surface area contributed by atoms with Crippen LogP contribution in [0.5, 0.6) is 5.75 Å². The third-order valence-corrected chi connectivity index (χ3v) is 7.56. The summed E-state index contributed by atoms with van der Waals surface area (Å²) in [5.41, 5.74) is 6.61. The predicted molar refractivity (Wildman–Crippen MR) is 172 cm³/mol. The SMILES string of the molecule is CN(C)c1ccc(C=O)cc1.COc1ccc(C2(O)OC(=O)C(c3ccc4nonc4c3)=C2Cc2ccc(N(C)C)cc2)cc1. The van der Waals surface area contributed by atoms with Crippen LogP contribution in [0.15, 0.2) is 101 Å². The molecule has 230 valence electrons. The van der Waals surface area contributed by atoms with Crippen molar-refractivity contribution in [2.45, 2.75) is 12.2 Å². The number of hydrogen-bond donors (Lipinski definition) is 1. The van der Waals surface area contributed by atoms with Gasteiger partial charge in [0.15, 0.2) is 0 Å². The third-order valence-electron chi connectivity index (χ3n) is 7.56. The Kier molecular flexibility index (Phi) is 8.96. The number of anilines is 2. The van der Waals surface area contributed by atoms with Crippen molar-refractivity contribution < 1.29 is 28.8 Å². The molecule has 5 aromatic rings. The van der Waals surface area contributed by atoms with Gasteiger partial charge in [-0.2, -0.15) is 0 Å². The molecule has 0 saturated heterocycles. The van der Waals surface area contributed by atoms with Gasteiger partial charge in [-0.05, 0) is 94.2 Å². The molecule has 0 fully saturated rings. The molecule has 1 unspecified atom stereocenters. The molecule has 6 rings (SSSR count). The molecule has 0 radical (unpaired) electrons. The lowest BCUT2D eigenvalue weighted by molar-refractivity contribution is -0.185. The maximum absolute atomic E-state index is 13.2. The molecule has 45 heavy (non-hydrogen) atoms. The van der Waals surface area contributed by atoms with Crippen molar-refractivity contribution in [1.82, 2.24) is 10.3 Å². The van der Waals surface area contributed by atoms with Gasteiger partial charge in [-0.15, -0.1) is 0 Å². The van der Waals surface area contributed by atoms with Crippen LogP contribution >= 0.6 is 0 Å². The minimum absolute atomic E-state index is 0.292. The second kappa shape index (κ2) is 13.0. The van der Waals surface area contributed by atoms with Gasteiger partial charge in [0.2, 0.25) is 0 Å². The van der Waals surface area contributed by atoms with E-state index < -0.39 is 11.8 Å². The van der Waals surface area contributed by atoms with Crippen molar-refractivity contribution >= 4 is 40.2 Å². The smallest absolute Gasteiger partial charge is 0.342 e. The molecule has 10 heteroatoms. The van der Waals surface area contributed by atoms with Crippen molar-refractivity contribution in [2.75, 3.05) is 45.1 Å². The van der Waals surface area contributed by atoms with Crippen molar-refractivity contribution in [3.8, 4) is 5.75 Å². The van der Waals surface area contributed by atoms with E-state index in [9.17, 15) is 14.7 Å². The topological polar surface area (TPSA) is 118 Å². The molecule has 1 aliphatic rings. The molecule has 0 amide bonds. The average molecular weight is 607 g/mol. The van der Waals surface area contributed by atoms with Gasteiger partial charge < -0.3 is 24.4 Å². The van der Waals surface area contributed by atoms with Crippen LogP contribution in [0.3, 0.4) is 0 Å². The lowest BCUT2D eigenvalue weighted by Gasteiger charge is -2.26. The highest BCUT2D eigenvalue weighted by Gasteiger charge is 2.48. The van der Waals surface area contributed by atoms with E-state index in [2.05, 4.69) is 10.3 Å². The van der Waals surface area contributed by atoms with Crippen LogP contribution in [-0.4, -0.2) is 63.0 Å². The van der Waals surface area contributed by atoms with Crippen molar-refractivity contribution in [1.29, 1.82) is 0 Å². The Morgan fingerprint density at radius 1 is 0.822 bits per heavy atom. The van der Waals surface area contributed by atoms with E-state index in [1.165, 1.54) is 0 Å². The molecule has 0 bridgehead atoms. The molecule has 2 heterocycles. The molecule has 4 aromatic carbocycles. The molecule has 1 N–H and O–H groups in total. The Morgan fingerprint density at radius 2 is 1.42 bits per heavy atom. The highest BCUT2D eigenvalue weighted by atomic mass is 16.7. The summed E-state index contributed by atoms with van der Waals surface area (Å²) >= 11 is 0. The molecule has 1 atom stereocenters. The number of nitrogens with zero attached hydrogens (tertiary/aromatic N) is 4. The summed E-state index contributed by atoms with van der Waals surface area (Å²) in [7, 11) is 9.44. The minimum atomic E-state index is -1.93. The van der Waals surface area contributed by atoms with E-state index in [0.29, 0.717) is 45.5 Å². The van der Waals surface area contributed by atoms with Crippen LogP contribution in [0.25, 0.3) is 16.6 Å². The zero-order valence-corrected chi connectivity index (χ0v) is 25.7. The Hall–Kier alpha value is -5.48. The molecular formula is C35H34N4O6. The number of esters is 1. The molecule has 10 nitrogen and oxygen atoms in total. The first-order chi connectivity index (χ1) is 21.6. The summed E-state index contributed by atoms with van der Waals surface area (Å²) in [5, 5.41) is 19.5. The van der Waals surface area contributed by atoms with Crippen LogP contribution in [0.1, 0.15) is 27.0 Å². The fourth-order valence-corrected chi connectivity index (χ4v) is 4.99. The number of carbonyl (C=O) groups is 2. The number of ether oxygens (including phenoxy) is 2. The number of aromatic nitrogens is 2. The van der Waals surface area contributed by atoms with Crippen LogP contribution < -0.4 is 14.5 Å². The number of benzene rings is 4. The van der Waals surface area contributed by atoms with Gasteiger partial charge in [-0.1, -0.05) is 18.2 Å². The summed E-state index contributed by atoms with van der Waals surface area (Å²) < 4.78 is 15.7. The first-order valence-corrected chi connectivity index (χ1v) is 14.2. The standard InChI is InChI=1S/C26H23N3O5.C9H11NO/c1-29(2)19-9-4-16(5-10-19)14-21-24(17-6-13-22-23(15-17)28-34-27-22)25(30)33-26(21,31)18-7-11-20(32-3)12-8-18;1-10(2)9-5-3-8(7-11)4-6-9/h4-13,15,31H,14H2,1-3H3;3-7H,1-2H3. The largest absolute Gasteiger partial charge is 0.497 e. The highest BCUT2D eigenvalue weighted by molar-refractivity contribution is 6.20. The summed E-state index contributed by atoms with van der Waals surface area (Å²) in [6.07, 6.45) is 1.14. The number of hydrogen-bond acceptors (Lipinski definition) is 10. The Morgan fingerprint density at radius 3 is 2.00 bits per heavy atom. The lowest BCUT2D eigenvalue weighted by atomic mass is 9.88. The van der Waals surface area contributed by atoms with Crippen molar-refractivity contribution in [2.24, 2.45) is 0 Å². The number of carbonyl (C=O) groups excluding carboxylic acids is 2. The summed E-state index contributed by atoms with van der Waals surface area (Å²) in [4.78, 5) is 27.4. The van der Waals surface area contributed by atoms with E-state index in [1.54, 1.807) is 49.6 Å². The van der Waals surface area contributed by atoms with Gasteiger partial charge in [-0.3, -0.25) is 4.79 Å². The number of aliphatic hydroxyl groups is 1. The second-order valence-corrected chi connectivity index (χ2v) is 10.9. The molecule has 0 aliphatic carbocycles. The highest BCUT2D eigenvalue weighted by Crippen LogP contribution is 2.45. The molecule has 1 aromatic heterocycles. The van der Waals surface area contributed by atoms with Crippen LogP contribution in [0, 0.1) is 0 Å². The van der Waals surface area contributed by atoms with Gasteiger partial charge in [0, 0.05) is 62.7 Å². The van der Waals surface area contributed by atoms with Crippen LogP contribution in [0.2, 0.25) is 0 Å². The number of rotatable bonds is 8. The quantitative estimate of drug-likeness (QED) is 0.185. The fraction of sp³-hybridized carbons (Fsp3) is 0.200. The first-order valence-electron chi connectivity index (χ1n) is 14.2. The van der Waals surface area contributed by atoms with Gasteiger partial charge in [0.1, 0.15) is 23.1 Å². The van der Waals surface area contributed by atoms with Gasteiger partial charge >= 0.3 is 5.97 Å². The monoisotopic (exact) mass is 606 g/mol. The van der Waals surface area contributed by atoms with Crippen molar-refractivity contribution in [3.05, 3.63) is 119 Å². The zero-order valence-electron chi connectivity index (χ0n) is 25.7. The minimum Gasteiger partial charge on any atom is -0.497 e. The van der Waals surface area contributed by atoms with E-state index in [4.69, 9.17) is 14.1 Å². The molecular weight excluding hydrogens is 572 g/mol. The summed E-state index contributed by atoms with van der Waals surface area (Å²) in [5.74, 6) is -1.92. The van der Waals surface area contributed by atoms with Gasteiger partial charge in [-0.25, -0.2) is 9.42 Å².